The van der Waals surface area contributed by atoms with E-state index in [2.05, 4.69) is 24.8 Å². The van der Waals surface area contributed by atoms with Gasteiger partial charge in [0.15, 0.2) is 0 Å². The molecule has 0 saturated carbocycles. The van der Waals surface area contributed by atoms with E-state index in [0.717, 1.165) is 62.4 Å². The lowest BCUT2D eigenvalue weighted by Gasteiger charge is -2.36. The lowest BCUT2D eigenvalue weighted by atomic mass is 10.2. The highest BCUT2D eigenvalue weighted by Crippen LogP contribution is 2.29. The zero-order chi connectivity index (χ0) is 17.4. The first-order chi connectivity index (χ1) is 12.1. The summed E-state index contributed by atoms with van der Waals surface area (Å²) in [5.74, 6) is 3.80. The van der Waals surface area contributed by atoms with E-state index in [4.69, 9.17) is 4.98 Å². The highest BCUT2D eigenvalue weighted by atomic mass is 15.3. The molecule has 25 heavy (non-hydrogen) atoms. The van der Waals surface area contributed by atoms with Crippen molar-refractivity contribution in [3.63, 3.8) is 0 Å². The van der Waals surface area contributed by atoms with Crippen molar-refractivity contribution < 1.29 is 0 Å². The Balaban J connectivity index is 1.50. The molecule has 2 aromatic rings. The first kappa shape index (κ1) is 16.1. The van der Waals surface area contributed by atoms with Gasteiger partial charge in [-0.3, -0.25) is 0 Å². The molecule has 1 fully saturated rings. The van der Waals surface area contributed by atoms with E-state index in [1.807, 2.05) is 38.2 Å². The van der Waals surface area contributed by atoms with Crippen LogP contribution in [0.25, 0.3) is 0 Å². The SMILES string of the molecule is Cc1nc2c(c(N3CCN(c4nccc(N(C)C)n4)CC3)n1)CCC2. The molecule has 0 bridgehead atoms. The van der Waals surface area contributed by atoms with Gasteiger partial charge in [0.1, 0.15) is 17.5 Å². The Bertz CT molecular complexity index is 766. The third-order valence-electron chi connectivity index (χ3n) is 4.97. The Kier molecular flexibility index (Phi) is 4.15. The average Bonchev–Trinajstić information content (AvgIpc) is 3.09. The van der Waals surface area contributed by atoms with Crippen molar-refractivity contribution in [2.75, 3.05) is 55.0 Å². The predicted octanol–water partition coefficient (Wildman–Crippen LogP) is 1.46. The van der Waals surface area contributed by atoms with Crippen LogP contribution in [0, 0.1) is 6.92 Å². The van der Waals surface area contributed by atoms with Crippen molar-refractivity contribution >= 4 is 17.6 Å². The monoisotopic (exact) mass is 339 g/mol. The minimum Gasteiger partial charge on any atom is -0.363 e. The predicted molar refractivity (Wildman–Crippen MR) is 99.6 cm³/mol. The number of rotatable bonds is 3. The van der Waals surface area contributed by atoms with Crippen LogP contribution < -0.4 is 14.7 Å². The van der Waals surface area contributed by atoms with Gasteiger partial charge < -0.3 is 14.7 Å². The number of aromatic nitrogens is 4. The summed E-state index contributed by atoms with van der Waals surface area (Å²) < 4.78 is 0. The second kappa shape index (κ2) is 6.46. The Morgan fingerprint density at radius 2 is 1.72 bits per heavy atom. The Morgan fingerprint density at radius 3 is 2.48 bits per heavy atom. The number of hydrogen-bond donors (Lipinski definition) is 0. The lowest BCUT2D eigenvalue weighted by molar-refractivity contribution is 0.630. The molecular weight excluding hydrogens is 314 g/mol. The van der Waals surface area contributed by atoms with Crippen LogP contribution in [0.15, 0.2) is 12.3 Å². The van der Waals surface area contributed by atoms with Crippen LogP contribution in [0.2, 0.25) is 0 Å². The topological polar surface area (TPSA) is 61.3 Å². The summed E-state index contributed by atoms with van der Waals surface area (Å²) in [5.41, 5.74) is 2.62. The molecule has 0 aromatic carbocycles. The van der Waals surface area contributed by atoms with Gasteiger partial charge in [-0.1, -0.05) is 0 Å². The largest absolute Gasteiger partial charge is 0.363 e. The van der Waals surface area contributed by atoms with E-state index in [1.165, 1.54) is 17.7 Å². The maximum Gasteiger partial charge on any atom is 0.227 e. The third-order valence-corrected chi connectivity index (χ3v) is 4.97. The van der Waals surface area contributed by atoms with Crippen molar-refractivity contribution in [2.24, 2.45) is 0 Å². The number of nitrogens with zero attached hydrogens (tertiary/aromatic N) is 7. The number of hydrogen-bond acceptors (Lipinski definition) is 7. The van der Waals surface area contributed by atoms with E-state index in [-0.39, 0.29) is 0 Å². The molecule has 0 unspecified atom stereocenters. The van der Waals surface area contributed by atoms with Crippen LogP contribution in [0.1, 0.15) is 23.5 Å². The highest BCUT2D eigenvalue weighted by Gasteiger charge is 2.26. The Morgan fingerprint density at radius 1 is 0.960 bits per heavy atom. The van der Waals surface area contributed by atoms with Gasteiger partial charge in [0.2, 0.25) is 5.95 Å². The normalized spacial score (nSPS) is 16.9. The van der Waals surface area contributed by atoms with Crippen LogP contribution in [0.5, 0.6) is 0 Å². The number of fused-ring (bicyclic) bond motifs is 1. The molecular formula is C18H25N7. The van der Waals surface area contributed by atoms with Gasteiger partial charge in [-0.05, 0) is 32.3 Å². The quantitative estimate of drug-likeness (QED) is 0.839. The molecule has 3 heterocycles. The fraction of sp³-hybridized carbons (Fsp3) is 0.556. The second-order valence-corrected chi connectivity index (χ2v) is 6.96. The van der Waals surface area contributed by atoms with Crippen LogP contribution in [0.3, 0.4) is 0 Å². The minimum absolute atomic E-state index is 0.815. The molecule has 0 N–H and O–H groups in total. The molecule has 2 aliphatic rings. The fourth-order valence-electron chi connectivity index (χ4n) is 3.65. The van der Waals surface area contributed by atoms with Crippen molar-refractivity contribution in [2.45, 2.75) is 26.2 Å². The number of piperazine rings is 1. The molecule has 2 aromatic heterocycles. The zero-order valence-electron chi connectivity index (χ0n) is 15.2. The first-order valence-corrected chi connectivity index (χ1v) is 8.98. The zero-order valence-corrected chi connectivity index (χ0v) is 15.2. The van der Waals surface area contributed by atoms with Crippen LogP contribution in [0.4, 0.5) is 17.6 Å². The summed E-state index contributed by atoms with van der Waals surface area (Å²) in [4.78, 5) is 25.2. The van der Waals surface area contributed by atoms with Gasteiger partial charge in [0.25, 0.3) is 0 Å². The van der Waals surface area contributed by atoms with Gasteiger partial charge >= 0.3 is 0 Å². The van der Waals surface area contributed by atoms with Crippen LogP contribution >= 0.6 is 0 Å². The highest BCUT2D eigenvalue weighted by molar-refractivity contribution is 5.53. The molecule has 7 heteroatoms. The summed E-state index contributed by atoms with van der Waals surface area (Å²) in [5, 5.41) is 0. The van der Waals surface area contributed by atoms with Crippen molar-refractivity contribution in [3.05, 3.63) is 29.3 Å². The van der Waals surface area contributed by atoms with E-state index in [0.29, 0.717) is 0 Å². The van der Waals surface area contributed by atoms with Gasteiger partial charge in [-0.15, -0.1) is 0 Å². The molecule has 1 aliphatic heterocycles. The molecule has 0 radical (unpaired) electrons. The molecule has 0 amide bonds. The Hall–Kier alpha value is -2.44. The fourth-order valence-corrected chi connectivity index (χ4v) is 3.65. The van der Waals surface area contributed by atoms with Crippen molar-refractivity contribution in [1.82, 2.24) is 19.9 Å². The smallest absolute Gasteiger partial charge is 0.227 e. The van der Waals surface area contributed by atoms with E-state index < -0.39 is 0 Å². The third kappa shape index (κ3) is 3.10. The summed E-state index contributed by atoms with van der Waals surface area (Å²) in [6.45, 7) is 5.71. The number of anilines is 3. The van der Waals surface area contributed by atoms with E-state index in [9.17, 15) is 0 Å². The number of aryl methyl sites for hydroxylation is 2. The standard InChI is InChI=1S/C18H25N7/c1-13-20-15-6-4-5-14(15)17(21-13)24-9-11-25(12-10-24)18-19-8-7-16(22-18)23(2)3/h7-8H,4-6,9-12H2,1-3H3. The van der Waals surface area contributed by atoms with Gasteiger partial charge in [0.05, 0.1) is 0 Å². The lowest BCUT2D eigenvalue weighted by Crippen LogP contribution is -2.47. The van der Waals surface area contributed by atoms with Crippen LogP contribution in [-0.4, -0.2) is 60.2 Å². The molecule has 132 valence electrons. The molecule has 1 aliphatic carbocycles. The summed E-state index contributed by atoms with van der Waals surface area (Å²) in [6, 6.07) is 1.94. The van der Waals surface area contributed by atoms with Crippen LogP contribution in [-0.2, 0) is 12.8 Å². The van der Waals surface area contributed by atoms with Crippen molar-refractivity contribution in [1.29, 1.82) is 0 Å². The molecule has 0 atom stereocenters. The van der Waals surface area contributed by atoms with E-state index in [1.54, 1.807) is 0 Å². The molecule has 0 spiro atoms. The second-order valence-electron chi connectivity index (χ2n) is 6.96. The first-order valence-electron chi connectivity index (χ1n) is 8.98. The van der Waals surface area contributed by atoms with Gasteiger partial charge in [0, 0.05) is 57.7 Å². The van der Waals surface area contributed by atoms with Crippen molar-refractivity contribution in [3.8, 4) is 0 Å². The molecule has 4 rings (SSSR count). The van der Waals surface area contributed by atoms with Gasteiger partial charge in [-0.2, -0.15) is 4.98 Å². The maximum atomic E-state index is 4.76. The van der Waals surface area contributed by atoms with E-state index >= 15 is 0 Å². The Labute approximate surface area is 148 Å². The average molecular weight is 339 g/mol. The molecule has 1 saturated heterocycles. The maximum absolute atomic E-state index is 4.76. The van der Waals surface area contributed by atoms with Gasteiger partial charge in [-0.25, -0.2) is 15.0 Å². The molecule has 7 nitrogen and oxygen atoms in total. The minimum atomic E-state index is 0.815. The summed E-state index contributed by atoms with van der Waals surface area (Å²) in [7, 11) is 4.00. The summed E-state index contributed by atoms with van der Waals surface area (Å²) >= 11 is 0. The summed E-state index contributed by atoms with van der Waals surface area (Å²) in [6.07, 6.45) is 5.24.